The van der Waals surface area contributed by atoms with E-state index in [0.29, 0.717) is 24.3 Å². The lowest BCUT2D eigenvalue weighted by Crippen LogP contribution is -2.42. The Labute approximate surface area is 135 Å². The first-order chi connectivity index (χ1) is 11.0. The highest BCUT2D eigenvalue weighted by atomic mass is 16.4. The SMILES string of the molecule is CC1(C)CC(c2ccccc2)CN1C(=O)c1nnc(C2CC2)o1. The van der Waals surface area contributed by atoms with E-state index < -0.39 is 0 Å². The molecule has 1 amide bonds. The van der Waals surface area contributed by atoms with Crippen molar-refractivity contribution >= 4 is 5.91 Å². The quantitative estimate of drug-likeness (QED) is 0.872. The normalized spacial score (nSPS) is 23.2. The van der Waals surface area contributed by atoms with Gasteiger partial charge in [-0.1, -0.05) is 30.3 Å². The van der Waals surface area contributed by atoms with E-state index in [0.717, 1.165) is 19.3 Å². The highest BCUT2D eigenvalue weighted by molar-refractivity contribution is 5.90. The average Bonchev–Trinajstić information content (AvgIpc) is 3.18. The zero-order valence-corrected chi connectivity index (χ0v) is 13.5. The Morgan fingerprint density at radius 1 is 1.17 bits per heavy atom. The summed E-state index contributed by atoms with van der Waals surface area (Å²) in [6.45, 7) is 4.90. The molecule has 2 aromatic rings. The third-order valence-electron chi connectivity index (χ3n) is 4.95. The highest BCUT2D eigenvalue weighted by Gasteiger charge is 2.43. The lowest BCUT2D eigenvalue weighted by molar-refractivity contribution is 0.0608. The van der Waals surface area contributed by atoms with Crippen molar-refractivity contribution in [3.8, 4) is 0 Å². The first kappa shape index (κ1) is 14.4. The fourth-order valence-electron chi connectivity index (χ4n) is 3.48. The zero-order chi connectivity index (χ0) is 16.0. The molecule has 1 aromatic carbocycles. The summed E-state index contributed by atoms with van der Waals surface area (Å²) >= 11 is 0. The fourth-order valence-corrected chi connectivity index (χ4v) is 3.48. The van der Waals surface area contributed by atoms with Gasteiger partial charge < -0.3 is 9.32 Å². The van der Waals surface area contributed by atoms with Crippen LogP contribution in [0.1, 0.15) is 67.1 Å². The smallest absolute Gasteiger partial charge is 0.311 e. The topological polar surface area (TPSA) is 59.2 Å². The Bertz CT molecular complexity index is 719. The number of nitrogens with zero attached hydrogens (tertiary/aromatic N) is 3. The number of rotatable bonds is 3. The Morgan fingerprint density at radius 2 is 1.91 bits per heavy atom. The van der Waals surface area contributed by atoms with Crippen molar-refractivity contribution in [2.75, 3.05) is 6.54 Å². The molecule has 1 unspecified atom stereocenters. The molecule has 1 aliphatic carbocycles. The average molecular weight is 311 g/mol. The molecule has 2 heterocycles. The Balaban J connectivity index is 1.56. The molecule has 2 aliphatic rings. The number of amides is 1. The van der Waals surface area contributed by atoms with E-state index in [1.54, 1.807) is 0 Å². The van der Waals surface area contributed by atoms with Crippen LogP contribution in [0.4, 0.5) is 0 Å². The number of hydrogen-bond acceptors (Lipinski definition) is 4. The second-order valence-electron chi connectivity index (χ2n) is 7.26. The maximum absolute atomic E-state index is 12.8. The van der Waals surface area contributed by atoms with Gasteiger partial charge in [0.1, 0.15) is 0 Å². The van der Waals surface area contributed by atoms with E-state index in [9.17, 15) is 4.79 Å². The van der Waals surface area contributed by atoms with E-state index in [2.05, 4.69) is 36.2 Å². The summed E-state index contributed by atoms with van der Waals surface area (Å²) in [5, 5.41) is 8.01. The van der Waals surface area contributed by atoms with Crippen LogP contribution in [0.5, 0.6) is 0 Å². The van der Waals surface area contributed by atoms with Crippen molar-refractivity contribution in [3.05, 3.63) is 47.7 Å². The molecule has 5 nitrogen and oxygen atoms in total. The van der Waals surface area contributed by atoms with Crippen LogP contribution in [0.25, 0.3) is 0 Å². The molecule has 1 aliphatic heterocycles. The van der Waals surface area contributed by atoms with Gasteiger partial charge in [-0.15, -0.1) is 10.2 Å². The first-order valence-corrected chi connectivity index (χ1v) is 8.25. The van der Waals surface area contributed by atoms with Gasteiger partial charge in [0.15, 0.2) is 0 Å². The van der Waals surface area contributed by atoms with Crippen LogP contribution in [0.15, 0.2) is 34.7 Å². The summed E-state index contributed by atoms with van der Waals surface area (Å²) in [6.07, 6.45) is 3.11. The summed E-state index contributed by atoms with van der Waals surface area (Å²) in [6, 6.07) is 10.4. The standard InChI is InChI=1S/C18H21N3O2/c1-18(2)10-14(12-6-4-3-5-7-12)11-21(18)17(22)16-20-19-15(23-16)13-8-9-13/h3-7,13-14H,8-11H2,1-2H3. The number of benzene rings is 1. The molecule has 4 rings (SSSR count). The van der Waals surface area contributed by atoms with Crippen molar-refractivity contribution in [2.45, 2.75) is 50.5 Å². The molecule has 5 heteroatoms. The Morgan fingerprint density at radius 3 is 2.61 bits per heavy atom. The predicted octanol–water partition coefficient (Wildman–Crippen LogP) is 3.36. The third-order valence-corrected chi connectivity index (χ3v) is 4.95. The number of hydrogen-bond donors (Lipinski definition) is 0. The van der Waals surface area contributed by atoms with E-state index in [1.165, 1.54) is 5.56 Å². The highest BCUT2D eigenvalue weighted by Crippen LogP contribution is 2.41. The minimum atomic E-state index is -0.216. The van der Waals surface area contributed by atoms with Crippen LogP contribution in [0.2, 0.25) is 0 Å². The molecule has 1 aromatic heterocycles. The second kappa shape index (κ2) is 5.18. The first-order valence-electron chi connectivity index (χ1n) is 8.25. The third kappa shape index (κ3) is 2.64. The van der Waals surface area contributed by atoms with Crippen LogP contribution < -0.4 is 0 Å². The minimum absolute atomic E-state index is 0.133. The van der Waals surface area contributed by atoms with Gasteiger partial charge in [0.25, 0.3) is 0 Å². The molecule has 120 valence electrons. The van der Waals surface area contributed by atoms with Gasteiger partial charge in [0.2, 0.25) is 5.89 Å². The summed E-state index contributed by atoms with van der Waals surface area (Å²) in [7, 11) is 0. The Kier molecular flexibility index (Phi) is 3.25. The van der Waals surface area contributed by atoms with Gasteiger partial charge in [-0.3, -0.25) is 4.79 Å². The van der Waals surface area contributed by atoms with Gasteiger partial charge in [-0.25, -0.2) is 0 Å². The number of carbonyl (C=O) groups excluding carboxylic acids is 1. The maximum Gasteiger partial charge on any atom is 0.311 e. The molecule has 1 atom stereocenters. The number of carbonyl (C=O) groups is 1. The second-order valence-corrected chi connectivity index (χ2v) is 7.26. The van der Waals surface area contributed by atoms with Crippen molar-refractivity contribution in [3.63, 3.8) is 0 Å². The molecule has 1 saturated carbocycles. The van der Waals surface area contributed by atoms with Crippen LogP contribution >= 0.6 is 0 Å². The molecule has 2 fully saturated rings. The lowest BCUT2D eigenvalue weighted by Gasteiger charge is -2.30. The summed E-state index contributed by atoms with van der Waals surface area (Å²) in [5.41, 5.74) is 1.06. The van der Waals surface area contributed by atoms with Crippen LogP contribution in [-0.2, 0) is 0 Å². The van der Waals surface area contributed by atoms with Crippen LogP contribution in [0, 0.1) is 0 Å². The van der Waals surface area contributed by atoms with Gasteiger partial charge in [0, 0.05) is 23.9 Å². The molecule has 1 saturated heterocycles. The number of likely N-dealkylation sites (tertiary alicyclic amines) is 1. The molecule has 0 N–H and O–H groups in total. The largest absolute Gasteiger partial charge is 0.417 e. The Hall–Kier alpha value is -2.17. The van der Waals surface area contributed by atoms with E-state index >= 15 is 0 Å². The van der Waals surface area contributed by atoms with Crippen molar-refractivity contribution in [1.29, 1.82) is 0 Å². The van der Waals surface area contributed by atoms with Crippen molar-refractivity contribution in [1.82, 2.24) is 15.1 Å². The molecular weight excluding hydrogens is 290 g/mol. The predicted molar refractivity (Wildman–Crippen MR) is 85.2 cm³/mol. The van der Waals surface area contributed by atoms with Crippen LogP contribution in [0.3, 0.4) is 0 Å². The van der Waals surface area contributed by atoms with Crippen molar-refractivity contribution in [2.24, 2.45) is 0 Å². The summed E-state index contributed by atoms with van der Waals surface area (Å²) < 4.78 is 5.60. The lowest BCUT2D eigenvalue weighted by atomic mass is 9.91. The van der Waals surface area contributed by atoms with Gasteiger partial charge >= 0.3 is 11.8 Å². The molecule has 23 heavy (non-hydrogen) atoms. The fraction of sp³-hybridized carbons (Fsp3) is 0.500. The minimum Gasteiger partial charge on any atom is -0.417 e. The number of aromatic nitrogens is 2. The molecule has 0 bridgehead atoms. The monoisotopic (exact) mass is 311 g/mol. The van der Waals surface area contributed by atoms with E-state index in [-0.39, 0.29) is 17.3 Å². The zero-order valence-electron chi connectivity index (χ0n) is 13.5. The molecule has 0 spiro atoms. The summed E-state index contributed by atoms with van der Waals surface area (Å²) in [4.78, 5) is 14.7. The van der Waals surface area contributed by atoms with Crippen molar-refractivity contribution < 1.29 is 9.21 Å². The summed E-state index contributed by atoms with van der Waals surface area (Å²) in [5.74, 6) is 1.32. The van der Waals surface area contributed by atoms with Gasteiger partial charge in [-0.05, 0) is 38.7 Å². The molecular formula is C18H21N3O2. The van der Waals surface area contributed by atoms with Gasteiger partial charge in [-0.2, -0.15) is 0 Å². The van der Waals surface area contributed by atoms with E-state index in [1.807, 2.05) is 23.1 Å². The van der Waals surface area contributed by atoms with E-state index in [4.69, 9.17) is 4.42 Å². The molecule has 0 radical (unpaired) electrons. The van der Waals surface area contributed by atoms with Gasteiger partial charge in [0.05, 0.1) is 0 Å². The maximum atomic E-state index is 12.8. The van der Waals surface area contributed by atoms with Crippen LogP contribution in [-0.4, -0.2) is 33.1 Å².